The van der Waals surface area contributed by atoms with E-state index in [4.69, 9.17) is 10.5 Å². The summed E-state index contributed by atoms with van der Waals surface area (Å²) in [7, 11) is 0. The van der Waals surface area contributed by atoms with Gasteiger partial charge in [-0.3, -0.25) is 10.1 Å². The Morgan fingerprint density at radius 3 is 2.89 bits per heavy atom. The minimum Gasteiger partial charge on any atom is -0.482 e. The third-order valence-electron chi connectivity index (χ3n) is 2.62. The van der Waals surface area contributed by atoms with E-state index in [9.17, 15) is 10.1 Å². The average molecular weight is 259 g/mol. The molecule has 0 bridgehead atoms. The number of benzene rings is 1. The second-order valence-electron chi connectivity index (χ2n) is 4.06. The Morgan fingerprint density at radius 2 is 2.21 bits per heavy atom. The van der Waals surface area contributed by atoms with Crippen LogP contribution in [0.25, 0.3) is 0 Å². The Morgan fingerprint density at radius 1 is 1.42 bits per heavy atom. The molecule has 1 heterocycles. The van der Waals surface area contributed by atoms with Crippen molar-refractivity contribution in [2.24, 2.45) is 0 Å². The highest BCUT2D eigenvalue weighted by molar-refractivity contribution is 5.48. The Labute approximate surface area is 110 Å². The summed E-state index contributed by atoms with van der Waals surface area (Å²) in [6, 6.07) is 8.23. The van der Waals surface area contributed by atoms with E-state index in [1.165, 1.54) is 6.07 Å². The van der Waals surface area contributed by atoms with Gasteiger partial charge in [-0.2, -0.15) is 0 Å². The number of nitrogens with two attached hydrogens (primary N) is 1. The van der Waals surface area contributed by atoms with Gasteiger partial charge in [0.05, 0.1) is 4.92 Å². The molecule has 2 N–H and O–H groups in total. The number of nitro groups is 1. The standard InChI is InChI=1S/C13H13N3O3/c1-9-4-5-11(16(17)18)12(7-9)19-8-10-3-2-6-15-13(10)14/h2-7H,8H2,1H3,(H2,14,15). The predicted octanol–water partition coefficient (Wildman–Crippen LogP) is 2.46. The van der Waals surface area contributed by atoms with Gasteiger partial charge in [-0.05, 0) is 24.6 Å². The highest BCUT2D eigenvalue weighted by Crippen LogP contribution is 2.28. The van der Waals surface area contributed by atoms with Crippen molar-refractivity contribution in [1.29, 1.82) is 0 Å². The molecule has 0 spiro atoms. The second kappa shape index (κ2) is 5.34. The molecule has 0 radical (unpaired) electrons. The van der Waals surface area contributed by atoms with Crippen molar-refractivity contribution >= 4 is 11.5 Å². The van der Waals surface area contributed by atoms with Crippen molar-refractivity contribution in [2.75, 3.05) is 5.73 Å². The molecular weight excluding hydrogens is 246 g/mol. The first-order valence-electron chi connectivity index (χ1n) is 5.65. The number of nitrogens with zero attached hydrogens (tertiary/aromatic N) is 2. The number of aryl methyl sites for hydroxylation is 1. The molecule has 2 aromatic rings. The van der Waals surface area contributed by atoms with E-state index in [0.717, 1.165) is 5.56 Å². The third kappa shape index (κ3) is 2.98. The fourth-order valence-corrected chi connectivity index (χ4v) is 1.62. The van der Waals surface area contributed by atoms with E-state index in [2.05, 4.69) is 4.98 Å². The van der Waals surface area contributed by atoms with Crippen molar-refractivity contribution in [3.63, 3.8) is 0 Å². The molecule has 0 aliphatic heterocycles. The molecule has 98 valence electrons. The zero-order chi connectivity index (χ0) is 13.8. The highest BCUT2D eigenvalue weighted by Gasteiger charge is 2.15. The Hall–Kier alpha value is -2.63. The third-order valence-corrected chi connectivity index (χ3v) is 2.62. The molecule has 6 nitrogen and oxygen atoms in total. The maximum atomic E-state index is 10.9. The van der Waals surface area contributed by atoms with Gasteiger partial charge in [-0.1, -0.05) is 12.1 Å². The summed E-state index contributed by atoms with van der Waals surface area (Å²) in [5, 5.41) is 10.9. The van der Waals surface area contributed by atoms with Crippen LogP contribution in [0.4, 0.5) is 11.5 Å². The average Bonchev–Trinajstić information content (AvgIpc) is 2.37. The molecule has 0 aliphatic carbocycles. The van der Waals surface area contributed by atoms with E-state index in [0.29, 0.717) is 11.4 Å². The molecular formula is C13H13N3O3. The molecule has 0 amide bonds. The van der Waals surface area contributed by atoms with Crippen LogP contribution in [-0.2, 0) is 6.61 Å². The first kappa shape index (κ1) is 12.8. The zero-order valence-corrected chi connectivity index (χ0v) is 10.4. The maximum absolute atomic E-state index is 10.9. The van der Waals surface area contributed by atoms with E-state index in [-0.39, 0.29) is 18.0 Å². The number of aromatic nitrogens is 1. The van der Waals surface area contributed by atoms with Crippen LogP contribution >= 0.6 is 0 Å². The van der Waals surface area contributed by atoms with Gasteiger partial charge in [0.25, 0.3) is 0 Å². The lowest BCUT2D eigenvalue weighted by atomic mass is 10.2. The lowest BCUT2D eigenvalue weighted by Gasteiger charge is -2.08. The quantitative estimate of drug-likeness (QED) is 0.672. The van der Waals surface area contributed by atoms with Crippen LogP contribution in [0.15, 0.2) is 36.5 Å². The Balaban J connectivity index is 2.22. The van der Waals surface area contributed by atoms with Gasteiger partial charge in [-0.25, -0.2) is 4.98 Å². The molecule has 19 heavy (non-hydrogen) atoms. The number of hydrogen-bond acceptors (Lipinski definition) is 5. The SMILES string of the molecule is Cc1ccc([N+](=O)[O-])c(OCc2cccnc2N)c1. The van der Waals surface area contributed by atoms with E-state index >= 15 is 0 Å². The molecule has 0 aliphatic rings. The molecule has 0 atom stereocenters. The van der Waals surface area contributed by atoms with Crippen molar-refractivity contribution in [2.45, 2.75) is 13.5 Å². The van der Waals surface area contributed by atoms with Crippen LogP contribution in [0, 0.1) is 17.0 Å². The van der Waals surface area contributed by atoms with Gasteiger partial charge in [0.15, 0.2) is 5.75 Å². The van der Waals surface area contributed by atoms with Crippen LogP contribution < -0.4 is 10.5 Å². The summed E-state index contributed by atoms with van der Waals surface area (Å²) in [5.74, 6) is 0.589. The van der Waals surface area contributed by atoms with E-state index in [1.807, 2.05) is 6.92 Å². The Bertz CT molecular complexity index is 614. The van der Waals surface area contributed by atoms with E-state index in [1.54, 1.807) is 30.5 Å². The highest BCUT2D eigenvalue weighted by atomic mass is 16.6. The Kier molecular flexibility index (Phi) is 3.61. The van der Waals surface area contributed by atoms with Crippen LogP contribution in [-0.4, -0.2) is 9.91 Å². The first-order valence-corrected chi connectivity index (χ1v) is 5.65. The molecule has 2 rings (SSSR count). The molecule has 0 saturated heterocycles. The minimum absolute atomic E-state index is 0.0620. The molecule has 6 heteroatoms. The fraction of sp³-hybridized carbons (Fsp3) is 0.154. The lowest BCUT2D eigenvalue weighted by Crippen LogP contribution is -2.03. The van der Waals surface area contributed by atoms with Gasteiger partial charge in [0, 0.05) is 17.8 Å². The van der Waals surface area contributed by atoms with Gasteiger partial charge in [-0.15, -0.1) is 0 Å². The van der Waals surface area contributed by atoms with Crippen LogP contribution in [0.1, 0.15) is 11.1 Å². The topological polar surface area (TPSA) is 91.3 Å². The van der Waals surface area contributed by atoms with Crippen molar-refractivity contribution in [3.8, 4) is 5.75 Å². The van der Waals surface area contributed by atoms with Gasteiger partial charge < -0.3 is 10.5 Å². The van der Waals surface area contributed by atoms with Gasteiger partial charge in [0.2, 0.25) is 0 Å². The normalized spacial score (nSPS) is 10.2. The first-order chi connectivity index (χ1) is 9.08. The molecule has 0 fully saturated rings. The van der Waals surface area contributed by atoms with Crippen LogP contribution in [0.5, 0.6) is 5.75 Å². The van der Waals surface area contributed by atoms with Crippen LogP contribution in [0.2, 0.25) is 0 Å². The predicted molar refractivity (Wildman–Crippen MR) is 70.8 cm³/mol. The number of hydrogen-bond donors (Lipinski definition) is 1. The maximum Gasteiger partial charge on any atom is 0.310 e. The summed E-state index contributed by atoms with van der Waals surface area (Å²) in [6.45, 7) is 1.99. The molecule has 0 unspecified atom stereocenters. The number of nitro benzene ring substituents is 1. The fourth-order valence-electron chi connectivity index (χ4n) is 1.62. The monoisotopic (exact) mass is 259 g/mol. The number of rotatable bonds is 4. The summed E-state index contributed by atoms with van der Waals surface area (Å²) >= 11 is 0. The molecule has 1 aromatic carbocycles. The van der Waals surface area contributed by atoms with Gasteiger partial charge in [0.1, 0.15) is 12.4 Å². The van der Waals surface area contributed by atoms with Crippen LogP contribution in [0.3, 0.4) is 0 Å². The summed E-state index contributed by atoms with van der Waals surface area (Å²) in [5.41, 5.74) is 7.21. The number of ether oxygens (including phenoxy) is 1. The second-order valence-corrected chi connectivity index (χ2v) is 4.06. The van der Waals surface area contributed by atoms with Crippen molar-refractivity contribution in [3.05, 3.63) is 57.8 Å². The molecule has 0 saturated carbocycles. The van der Waals surface area contributed by atoms with Crippen molar-refractivity contribution < 1.29 is 9.66 Å². The van der Waals surface area contributed by atoms with Crippen molar-refractivity contribution in [1.82, 2.24) is 4.98 Å². The minimum atomic E-state index is -0.471. The van der Waals surface area contributed by atoms with Gasteiger partial charge >= 0.3 is 5.69 Å². The number of nitrogen functional groups attached to an aromatic ring is 1. The molecule has 1 aromatic heterocycles. The summed E-state index contributed by atoms with van der Waals surface area (Å²) in [6.07, 6.45) is 1.58. The summed E-state index contributed by atoms with van der Waals surface area (Å²) in [4.78, 5) is 14.4. The number of anilines is 1. The lowest BCUT2D eigenvalue weighted by molar-refractivity contribution is -0.386. The number of pyridine rings is 1. The smallest absolute Gasteiger partial charge is 0.310 e. The summed E-state index contributed by atoms with van der Waals surface area (Å²) < 4.78 is 5.48. The largest absolute Gasteiger partial charge is 0.482 e. The zero-order valence-electron chi connectivity index (χ0n) is 10.4. The van der Waals surface area contributed by atoms with E-state index < -0.39 is 4.92 Å².